The third-order valence-electron chi connectivity index (χ3n) is 3.95. The maximum atomic E-state index is 12.4. The maximum Gasteiger partial charge on any atom is 0.323 e. The summed E-state index contributed by atoms with van der Waals surface area (Å²) in [4.78, 5) is 33.5. The number of ether oxygens (including phenoxy) is 1. The molecule has 3 rings (SSSR count). The Balaban J connectivity index is 0.00000166. The van der Waals surface area contributed by atoms with Gasteiger partial charge in [0.15, 0.2) is 5.82 Å². The third-order valence-corrected chi connectivity index (χ3v) is 4.23. The molecule has 3 amide bonds. The normalized spacial score (nSPS) is 11.1. The summed E-state index contributed by atoms with van der Waals surface area (Å²) >= 11 is 6.19. The highest BCUT2D eigenvalue weighted by molar-refractivity contribution is 6.32. The van der Waals surface area contributed by atoms with Gasteiger partial charge in [0.2, 0.25) is 0 Å². The standard InChI is InChI=1S/C17H17ClN8O3.C2H6/c1-9(29-2)14-11(15(19)27)7-20-8-13(14)25-17(28)24-10-5-12(18)16(21-6-10)26-22-3-4-23-26;1-2/h3-9H,1-2H3,(H2,19,27)(H2,24,25,28);1-2H3. The smallest absolute Gasteiger partial charge is 0.323 e. The highest BCUT2D eigenvalue weighted by Gasteiger charge is 2.20. The van der Waals surface area contributed by atoms with Gasteiger partial charge in [0.05, 0.1) is 52.9 Å². The molecule has 0 spiro atoms. The van der Waals surface area contributed by atoms with E-state index in [-0.39, 0.29) is 16.3 Å². The Bertz CT molecular complexity index is 1040. The molecule has 0 aliphatic heterocycles. The molecule has 0 aliphatic rings. The Morgan fingerprint density at radius 2 is 1.84 bits per heavy atom. The molecule has 0 radical (unpaired) electrons. The molecule has 3 heterocycles. The summed E-state index contributed by atoms with van der Waals surface area (Å²) in [6.07, 6.45) is 6.60. The van der Waals surface area contributed by atoms with Crippen LogP contribution in [0.5, 0.6) is 0 Å². The fraction of sp³-hybridized carbons (Fsp3) is 0.263. The number of primary amides is 1. The first kappa shape index (κ1) is 23.7. The molecule has 3 aromatic rings. The topological polar surface area (TPSA) is 150 Å². The molecule has 164 valence electrons. The van der Waals surface area contributed by atoms with Crippen LogP contribution < -0.4 is 16.4 Å². The fourth-order valence-corrected chi connectivity index (χ4v) is 2.82. The SMILES string of the molecule is CC.COC(C)c1c(NC(=O)Nc2cnc(-n3nccn3)c(Cl)c2)cncc1C(N)=O. The number of carbonyl (C=O) groups is 2. The van der Waals surface area contributed by atoms with Crippen molar-refractivity contribution in [1.82, 2.24) is 25.0 Å². The number of urea groups is 1. The molecule has 0 aromatic carbocycles. The Kier molecular flexibility index (Phi) is 8.41. The lowest BCUT2D eigenvalue weighted by Crippen LogP contribution is -2.23. The minimum Gasteiger partial charge on any atom is -0.377 e. The number of anilines is 2. The summed E-state index contributed by atoms with van der Waals surface area (Å²) in [5, 5.41) is 13.4. The van der Waals surface area contributed by atoms with Crippen LogP contribution in [-0.2, 0) is 4.74 Å². The molecule has 11 nitrogen and oxygen atoms in total. The van der Waals surface area contributed by atoms with Crippen LogP contribution in [0.3, 0.4) is 0 Å². The summed E-state index contributed by atoms with van der Waals surface area (Å²) in [6.45, 7) is 5.72. The first-order valence-electron chi connectivity index (χ1n) is 9.31. The van der Waals surface area contributed by atoms with Crippen LogP contribution in [0.1, 0.15) is 42.8 Å². The molecule has 0 bridgehead atoms. The van der Waals surface area contributed by atoms with E-state index in [0.29, 0.717) is 17.1 Å². The third kappa shape index (κ3) is 5.74. The van der Waals surface area contributed by atoms with Gasteiger partial charge >= 0.3 is 6.03 Å². The van der Waals surface area contributed by atoms with Crippen molar-refractivity contribution in [2.24, 2.45) is 5.73 Å². The Hall–Kier alpha value is -3.57. The van der Waals surface area contributed by atoms with Crippen molar-refractivity contribution >= 4 is 34.9 Å². The highest BCUT2D eigenvalue weighted by Crippen LogP contribution is 2.28. The van der Waals surface area contributed by atoms with Crippen molar-refractivity contribution in [2.75, 3.05) is 17.7 Å². The number of nitrogens with one attached hydrogen (secondary N) is 2. The zero-order chi connectivity index (χ0) is 23.0. The van der Waals surface area contributed by atoms with Crippen molar-refractivity contribution in [1.29, 1.82) is 0 Å². The van der Waals surface area contributed by atoms with Gasteiger partial charge in [-0.05, 0) is 13.0 Å². The Morgan fingerprint density at radius 1 is 1.16 bits per heavy atom. The summed E-state index contributed by atoms with van der Waals surface area (Å²) in [5.74, 6) is -0.364. The molecule has 3 aromatic heterocycles. The van der Waals surface area contributed by atoms with E-state index in [1.807, 2.05) is 13.8 Å². The lowest BCUT2D eigenvalue weighted by Gasteiger charge is -2.18. The summed E-state index contributed by atoms with van der Waals surface area (Å²) in [7, 11) is 1.48. The quantitative estimate of drug-likeness (QED) is 0.526. The van der Waals surface area contributed by atoms with Gasteiger partial charge in [-0.2, -0.15) is 10.2 Å². The van der Waals surface area contributed by atoms with Crippen LogP contribution in [-0.4, -0.2) is 44.0 Å². The van der Waals surface area contributed by atoms with E-state index in [1.54, 1.807) is 6.92 Å². The monoisotopic (exact) mass is 446 g/mol. The number of aromatic nitrogens is 5. The lowest BCUT2D eigenvalue weighted by atomic mass is 10.0. The van der Waals surface area contributed by atoms with Crippen molar-refractivity contribution in [2.45, 2.75) is 26.9 Å². The van der Waals surface area contributed by atoms with Gasteiger partial charge in [0.1, 0.15) is 0 Å². The molecular weight excluding hydrogens is 424 g/mol. The van der Waals surface area contributed by atoms with Crippen LogP contribution in [0, 0.1) is 0 Å². The van der Waals surface area contributed by atoms with E-state index in [1.165, 1.54) is 49.0 Å². The minimum atomic E-state index is -0.681. The number of methoxy groups -OCH3 is 1. The number of nitrogens with two attached hydrogens (primary N) is 1. The second-order valence-electron chi connectivity index (χ2n) is 5.82. The van der Waals surface area contributed by atoms with Gasteiger partial charge in [0.25, 0.3) is 5.91 Å². The molecule has 0 saturated heterocycles. The van der Waals surface area contributed by atoms with Crippen molar-refractivity contribution in [3.63, 3.8) is 0 Å². The van der Waals surface area contributed by atoms with E-state index in [4.69, 9.17) is 22.1 Å². The molecule has 1 atom stereocenters. The molecule has 4 N–H and O–H groups in total. The highest BCUT2D eigenvalue weighted by atomic mass is 35.5. The zero-order valence-corrected chi connectivity index (χ0v) is 18.2. The number of pyridine rings is 2. The molecule has 12 heteroatoms. The number of nitrogens with zero attached hydrogens (tertiary/aromatic N) is 5. The number of hydrogen-bond acceptors (Lipinski definition) is 7. The van der Waals surface area contributed by atoms with Gasteiger partial charge < -0.3 is 21.1 Å². The summed E-state index contributed by atoms with van der Waals surface area (Å²) < 4.78 is 5.28. The van der Waals surface area contributed by atoms with Gasteiger partial charge in [-0.3, -0.25) is 9.78 Å². The number of amides is 3. The molecule has 0 saturated carbocycles. The van der Waals surface area contributed by atoms with Gasteiger partial charge in [0, 0.05) is 18.9 Å². The second-order valence-corrected chi connectivity index (χ2v) is 6.22. The number of carbonyl (C=O) groups excluding carboxylic acids is 2. The van der Waals surface area contributed by atoms with Gasteiger partial charge in [-0.1, -0.05) is 25.4 Å². The maximum absolute atomic E-state index is 12.4. The largest absolute Gasteiger partial charge is 0.377 e. The van der Waals surface area contributed by atoms with Crippen LogP contribution in [0.4, 0.5) is 16.2 Å². The summed E-state index contributed by atoms with van der Waals surface area (Å²) in [6, 6.07) is 0.907. The van der Waals surface area contributed by atoms with E-state index < -0.39 is 18.0 Å². The van der Waals surface area contributed by atoms with Crippen LogP contribution in [0.2, 0.25) is 5.02 Å². The predicted molar refractivity (Wildman–Crippen MR) is 116 cm³/mol. The van der Waals surface area contributed by atoms with Crippen molar-refractivity contribution in [3.8, 4) is 5.82 Å². The summed E-state index contributed by atoms with van der Waals surface area (Å²) in [5.41, 5.74) is 6.59. The van der Waals surface area contributed by atoms with Crippen LogP contribution in [0.25, 0.3) is 5.82 Å². The van der Waals surface area contributed by atoms with Gasteiger partial charge in [-0.25, -0.2) is 9.78 Å². The number of rotatable bonds is 6. The number of hydrogen-bond donors (Lipinski definition) is 3. The average Bonchev–Trinajstić information content (AvgIpc) is 3.29. The predicted octanol–water partition coefficient (Wildman–Crippen LogP) is 3.19. The minimum absolute atomic E-state index is 0.151. The molecule has 31 heavy (non-hydrogen) atoms. The molecule has 1 unspecified atom stereocenters. The van der Waals surface area contributed by atoms with Crippen LogP contribution in [0.15, 0.2) is 37.1 Å². The van der Waals surface area contributed by atoms with Crippen molar-refractivity contribution < 1.29 is 14.3 Å². The number of halogens is 1. The Morgan fingerprint density at radius 3 is 2.42 bits per heavy atom. The first-order valence-corrected chi connectivity index (χ1v) is 9.69. The molecule has 0 fully saturated rings. The van der Waals surface area contributed by atoms with E-state index in [0.717, 1.165) is 0 Å². The Labute approximate surface area is 184 Å². The van der Waals surface area contributed by atoms with Crippen molar-refractivity contribution in [3.05, 3.63) is 53.2 Å². The second kappa shape index (κ2) is 11.0. The zero-order valence-electron chi connectivity index (χ0n) is 17.5. The fourth-order valence-electron chi connectivity index (χ4n) is 2.58. The average molecular weight is 447 g/mol. The van der Waals surface area contributed by atoms with E-state index >= 15 is 0 Å². The first-order chi connectivity index (χ1) is 14.9. The molecular formula is C19H23ClN8O3. The van der Waals surface area contributed by atoms with E-state index in [2.05, 4.69) is 30.8 Å². The molecule has 0 aliphatic carbocycles. The lowest BCUT2D eigenvalue weighted by molar-refractivity contribution is 0.0977. The van der Waals surface area contributed by atoms with E-state index in [9.17, 15) is 9.59 Å². The van der Waals surface area contributed by atoms with Crippen LogP contribution >= 0.6 is 11.6 Å². The van der Waals surface area contributed by atoms with Gasteiger partial charge in [-0.15, -0.1) is 4.80 Å².